The standard InChI is InChI=1S/C33H44FN5O3/c34-25-15-23-29-32(30(25)37-12-9-22(35)17-37)42-28-14-20-6-2-1-5-19(20)13-27(28)39(29)18-24(31(23)40)33(41)38-11-8-21(16-38)26-7-3-4-10-36-26/h3-4,7,10,18-23,25,27-30,32H,1-2,5-6,8-9,11-17,35H2. The number of nitrogens with two attached hydrogens (primary N) is 1. The molecule has 42 heavy (non-hydrogen) atoms. The molecule has 5 heterocycles. The molecule has 8 rings (SSSR count). The topological polar surface area (TPSA) is 92.0 Å². The van der Waals surface area contributed by atoms with E-state index >= 15 is 4.39 Å². The van der Waals surface area contributed by atoms with Crippen LogP contribution in [0.1, 0.15) is 69.4 Å². The zero-order valence-electron chi connectivity index (χ0n) is 24.4. The Hall–Kier alpha value is -2.36. The number of ether oxygens (including phenoxy) is 1. The molecule has 7 aliphatic rings. The van der Waals surface area contributed by atoms with Crippen molar-refractivity contribution in [3.8, 4) is 0 Å². The third-order valence-electron chi connectivity index (χ3n) is 11.9. The number of ketones is 1. The molecule has 3 saturated heterocycles. The summed E-state index contributed by atoms with van der Waals surface area (Å²) in [7, 11) is 0. The van der Waals surface area contributed by atoms with Crippen molar-refractivity contribution in [3.05, 3.63) is 41.9 Å². The summed E-state index contributed by atoms with van der Waals surface area (Å²) in [6, 6.07) is 5.43. The number of fused-ring (bicyclic) bond motifs is 3. The zero-order chi connectivity index (χ0) is 28.5. The van der Waals surface area contributed by atoms with Gasteiger partial charge in [0.15, 0.2) is 5.78 Å². The number of pyridine rings is 1. The van der Waals surface area contributed by atoms with Gasteiger partial charge in [0.05, 0.1) is 35.9 Å². The number of nitrogens with zero attached hydrogens (tertiary/aromatic N) is 4. The van der Waals surface area contributed by atoms with E-state index in [0.29, 0.717) is 31.5 Å². The quantitative estimate of drug-likeness (QED) is 0.553. The lowest BCUT2D eigenvalue weighted by Crippen LogP contribution is -2.73. The molecule has 2 N–H and O–H groups in total. The van der Waals surface area contributed by atoms with E-state index < -0.39 is 24.2 Å². The van der Waals surface area contributed by atoms with Gasteiger partial charge in [-0.2, -0.15) is 0 Å². The van der Waals surface area contributed by atoms with E-state index in [9.17, 15) is 9.59 Å². The summed E-state index contributed by atoms with van der Waals surface area (Å²) in [5.41, 5.74) is 7.51. The summed E-state index contributed by atoms with van der Waals surface area (Å²) in [4.78, 5) is 39.1. The van der Waals surface area contributed by atoms with Gasteiger partial charge in [-0.1, -0.05) is 31.7 Å². The maximum atomic E-state index is 16.3. The summed E-state index contributed by atoms with van der Waals surface area (Å²) >= 11 is 0. The molecule has 0 bridgehead atoms. The third kappa shape index (κ3) is 4.44. The second-order valence-electron chi connectivity index (χ2n) is 14.2. The van der Waals surface area contributed by atoms with Gasteiger partial charge in [0.25, 0.3) is 5.91 Å². The highest BCUT2D eigenvalue weighted by Crippen LogP contribution is 2.51. The van der Waals surface area contributed by atoms with E-state index in [1.165, 1.54) is 25.7 Å². The number of hydrogen-bond acceptors (Lipinski definition) is 7. The number of Topliss-reactive ketones (excluding diaryl/α,β-unsaturated/α-hetero) is 1. The Bertz CT molecular complexity index is 1250. The molecule has 6 fully saturated rings. The maximum absolute atomic E-state index is 16.3. The highest BCUT2D eigenvalue weighted by Gasteiger charge is 2.61. The van der Waals surface area contributed by atoms with Crippen LogP contribution >= 0.6 is 0 Å². The largest absolute Gasteiger partial charge is 0.369 e. The van der Waals surface area contributed by atoms with Crippen molar-refractivity contribution < 1.29 is 18.7 Å². The fourth-order valence-electron chi connectivity index (χ4n) is 9.92. The predicted octanol–water partition coefficient (Wildman–Crippen LogP) is 3.03. The number of rotatable bonds is 3. The summed E-state index contributed by atoms with van der Waals surface area (Å²) in [5, 5.41) is 0. The first-order valence-electron chi connectivity index (χ1n) is 16.5. The molecule has 9 heteroatoms. The van der Waals surface area contributed by atoms with Crippen molar-refractivity contribution in [3.63, 3.8) is 0 Å². The lowest BCUT2D eigenvalue weighted by atomic mass is 9.64. The average Bonchev–Trinajstić information content (AvgIpc) is 3.67. The van der Waals surface area contributed by atoms with Crippen LogP contribution in [0.25, 0.3) is 0 Å². The Kier molecular flexibility index (Phi) is 6.91. The van der Waals surface area contributed by atoms with E-state index in [2.05, 4.69) is 14.8 Å². The molecule has 8 nitrogen and oxygen atoms in total. The molecule has 3 saturated carbocycles. The van der Waals surface area contributed by atoms with E-state index in [0.717, 1.165) is 37.9 Å². The molecule has 226 valence electrons. The minimum Gasteiger partial charge on any atom is -0.369 e. The molecule has 0 spiro atoms. The maximum Gasteiger partial charge on any atom is 0.258 e. The molecular weight excluding hydrogens is 533 g/mol. The highest BCUT2D eigenvalue weighted by molar-refractivity contribution is 6.20. The van der Waals surface area contributed by atoms with Crippen LogP contribution in [0.2, 0.25) is 0 Å². The van der Waals surface area contributed by atoms with Crippen LogP contribution in [-0.2, 0) is 14.3 Å². The van der Waals surface area contributed by atoms with Gasteiger partial charge in [0.2, 0.25) is 0 Å². The average molecular weight is 578 g/mol. The monoisotopic (exact) mass is 577 g/mol. The Morgan fingerprint density at radius 2 is 1.83 bits per heavy atom. The Morgan fingerprint density at radius 1 is 1.00 bits per heavy atom. The van der Waals surface area contributed by atoms with Crippen molar-refractivity contribution in [1.82, 2.24) is 19.7 Å². The normalized spacial score (nSPS) is 43.4. The van der Waals surface area contributed by atoms with Crippen LogP contribution in [0.15, 0.2) is 36.2 Å². The minimum atomic E-state index is -1.19. The van der Waals surface area contributed by atoms with Gasteiger partial charge < -0.3 is 20.3 Å². The summed E-state index contributed by atoms with van der Waals surface area (Å²) < 4.78 is 23.2. The van der Waals surface area contributed by atoms with E-state index in [1.54, 1.807) is 6.20 Å². The molecule has 3 aliphatic carbocycles. The second kappa shape index (κ2) is 10.7. The number of likely N-dealkylation sites (tertiary alicyclic amines) is 2. The minimum absolute atomic E-state index is 0.00328. The van der Waals surface area contributed by atoms with Gasteiger partial charge in [0.1, 0.15) is 6.17 Å². The zero-order valence-corrected chi connectivity index (χ0v) is 24.4. The first-order valence-corrected chi connectivity index (χ1v) is 16.5. The number of carbonyl (C=O) groups is 2. The predicted molar refractivity (Wildman–Crippen MR) is 155 cm³/mol. The number of aromatic nitrogens is 1. The fraction of sp³-hybridized carbons (Fsp3) is 0.727. The number of morpholine rings is 1. The van der Waals surface area contributed by atoms with Crippen LogP contribution < -0.4 is 5.73 Å². The molecule has 11 atom stereocenters. The Balaban J connectivity index is 1.12. The molecular formula is C33H44FN5O3. The fourth-order valence-corrected chi connectivity index (χ4v) is 9.92. The highest BCUT2D eigenvalue weighted by atomic mass is 19.1. The van der Waals surface area contributed by atoms with Crippen molar-refractivity contribution >= 4 is 11.7 Å². The number of amides is 1. The van der Waals surface area contributed by atoms with E-state index in [1.807, 2.05) is 29.3 Å². The summed E-state index contributed by atoms with van der Waals surface area (Å²) in [5.74, 6) is 0.511. The molecule has 0 aromatic carbocycles. The lowest BCUT2D eigenvalue weighted by Gasteiger charge is -2.61. The number of halogens is 1. The van der Waals surface area contributed by atoms with Crippen molar-refractivity contribution in [1.29, 1.82) is 0 Å². The third-order valence-corrected chi connectivity index (χ3v) is 11.9. The number of carbonyl (C=O) groups excluding carboxylic acids is 2. The van der Waals surface area contributed by atoms with Gasteiger partial charge in [-0.05, 0) is 56.1 Å². The first kappa shape index (κ1) is 27.2. The van der Waals surface area contributed by atoms with Gasteiger partial charge >= 0.3 is 0 Å². The summed E-state index contributed by atoms with van der Waals surface area (Å²) in [6.45, 7) is 2.59. The molecule has 1 aromatic rings. The molecule has 1 aromatic heterocycles. The van der Waals surface area contributed by atoms with Crippen molar-refractivity contribution in [2.24, 2.45) is 23.5 Å². The van der Waals surface area contributed by atoms with Crippen molar-refractivity contribution in [2.45, 2.75) is 106 Å². The molecule has 0 radical (unpaired) electrons. The van der Waals surface area contributed by atoms with Gasteiger partial charge in [0, 0.05) is 62.1 Å². The van der Waals surface area contributed by atoms with Crippen LogP contribution in [-0.4, -0.2) is 100 Å². The first-order chi connectivity index (χ1) is 20.5. The Morgan fingerprint density at radius 3 is 2.60 bits per heavy atom. The molecule has 4 aliphatic heterocycles. The lowest BCUT2D eigenvalue weighted by molar-refractivity contribution is -0.219. The van der Waals surface area contributed by atoms with E-state index in [-0.39, 0.29) is 53.8 Å². The van der Waals surface area contributed by atoms with Crippen LogP contribution in [0, 0.1) is 17.8 Å². The van der Waals surface area contributed by atoms with Crippen LogP contribution in [0.3, 0.4) is 0 Å². The van der Waals surface area contributed by atoms with Crippen LogP contribution in [0.4, 0.5) is 4.39 Å². The molecule has 1 amide bonds. The summed E-state index contributed by atoms with van der Waals surface area (Å²) in [6.07, 6.45) is 11.0. The Labute approximate surface area is 247 Å². The molecule has 11 unspecified atom stereocenters. The number of alkyl halides is 1. The SMILES string of the molecule is NC1CCN(C2C(F)CC3C(=O)C(C(=O)N4CCC(c5ccccn5)C4)=CN4C5CC6CCCCC6CC5OC2C34)C1. The van der Waals surface area contributed by atoms with Gasteiger partial charge in [-0.25, -0.2) is 4.39 Å². The number of hydrogen-bond donors (Lipinski definition) is 1. The van der Waals surface area contributed by atoms with Gasteiger partial charge in [-0.3, -0.25) is 19.5 Å². The van der Waals surface area contributed by atoms with E-state index in [4.69, 9.17) is 10.5 Å². The van der Waals surface area contributed by atoms with Gasteiger partial charge in [-0.15, -0.1) is 0 Å². The van der Waals surface area contributed by atoms with Crippen LogP contribution in [0.5, 0.6) is 0 Å². The second-order valence-corrected chi connectivity index (χ2v) is 14.2. The smallest absolute Gasteiger partial charge is 0.258 e. The van der Waals surface area contributed by atoms with Crippen molar-refractivity contribution in [2.75, 3.05) is 26.2 Å².